The van der Waals surface area contributed by atoms with Crippen LogP contribution in [0.2, 0.25) is 0 Å². The first kappa shape index (κ1) is 15.0. The Balaban J connectivity index is 1.96. The normalized spacial score (nSPS) is 14.6. The Kier molecular flexibility index (Phi) is 5.11. The van der Waals surface area contributed by atoms with Gasteiger partial charge < -0.3 is 20.1 Å². The standard InChI is InChI=1S/C15H21FN2O2/c1-10(17-8-13(19)9-20-2)5-11-7-18-15-4-3-12(16)6-14(11)15/h3-4,6-7,10,13,17-19H,5,8-9H2,1-2H3/t10-,13+/m0/s1. The van der Waals surface area contributed by atoms with Gasteiger partial charge in [0, 0.05) is 36.8 Å². The van der Waals surface area contributed by atoms with Crippen LogP contribution in [-0.4, -0.2) is 42.5 Å². The molecule has 0 fully saturated rings. The molecule has 2 atom stereocenters. The zero-order valence-corrected chi connectivity index (χ0v) is 11.8. The number of aromatic amines is 1. The van der Waals surface area contributed by atoms with E-state index in [4.69, 9.17) is 4.74 Å². The summed E-state index contributed by atoms with van der Waals surface area (Å²) in [6.07, 6.45) is 2.17. The molecular formula is C15H21FN2O2. The van der Waals surface area contributed by atoms with Gasteiger partial charge in [0.05, 0.1) is 12.7 Å². The van der Waals surface area contributed by atoms with Crippen molar-refractivity contribution in [1.29, 1.82) is 0 Å². The molecule has 1 aromatic carbocycles. The first-order valence-electron chi connectivity index (χ1n) is 6.76. The number of benzene rings is 1. The lowest BCUT2D eigenvalue weighted by Crippen LogP contribution is -2.36. The van der Waals surface area contributed by atoms with Gasteiger partial charge in [-0.1, -0.05) is 0 Å². The van der Waals surface area contributed by atoms with E-state index < -0.39 is 6.10 Å². The maximum atomic E-state index is 13.3. The van der Waals surface area contributed by atoms with Gasteiger partial charge >= 0.3 is 0 Å². The molecule has 0 spiro atoms. The maximum absolute atomic E-state index is 13.3. The number of rotatable bonds is 7. The number of ether oxygens (including phenoxy) is 1. The predicted molar refractivity (Wildman–Crippen MR) is 77.3 cm³/mol. The van der Waals surface area contributed by atoms with Crippen molar-refractivity contribution in [2.24, 2.45) is 0 Å². The highest BCUT2D eigenvalue weighted by Crippen LogP contribution is 2.20. The lowest BCUT2D eigenvalue weighted by atomic mass is 10.1. The van der Waals surface area contributed by atoms with Crippen molar-refractivity contribution in [3.05, 3.63) is 35.8 Å². The molecule has 0 radical (unpaired) electrons. The van der Waals surface area contributed by atoms with E-state index in [9.17, 15) is 9.50 Å². The van der Waals surface area contributed by atoms with Gasteiger partial charge in [-0.25, -0.2) is 4.39 Å². The van der Waals surface area contributed by atoms with E-state index in [-0.39, 0.29) is 11.9 Å². The number of aliphatic hydroxyl groups excluding tert-OH is 1. The van der Waals surface area contributed by atoms with Crippen LogP contribution >= 0.6 is 0 Å². The molecule has 0 saturated carbocycles. The third kappa shape index (κ3) is 3.79. The summed E-state index contributed by atoms with van der Waals surface area (Å²) in [5.41, 5.74) is 2.01. The molecule has 110 valence electrons. The smallest absolute Gasteiger partial charge is 0.123 e. The second kappa shape index (κ2) is 6.83. The summed E-state index contributed by atoms with van der Waals surface area (Å²) in [5, 5.41) is 13.7. The number of H-pyrrole nitrogens is 1. The molecule has 0 aliphatic heterocycles. The van der Waals surface area contributed by atoms with E-state index >= 15 is 0 Å². The molecule has 5 heteroatoms. The maximum Gasteiger partial charge on any atom is 0.123 e. The van der Waals surface area contributed by atoms with Crippen LogP contribution < -0.4 is 5.32 Å². The van der Waals surface area contributed by atoms with Gasteiger partial charge in [0.1, 0.15) is 5.82 Å². The van der Waals surface area contributed by atoms with E-state index in [0.29, 0.717) is 13.2 Å². The quantitative estimate of drug-likeness (QED) is 0.725. The highest BCUT2D eigenvalue weighted by Gasteiger charge is 2.11. The van der Waals surface area contributed by atoms with Gasteiger partial charge in [0.15, 0.2) is 0 Å². The fourth-order valence-corrected chi connectivity index (χ4v) is 2.31. The van der Waals surface area contributed by atoms with Crippen molar-refractivity contribution in [2.75, 3.05) is 20.3 Å². The first-order valence-corrected chi connectivity index (χ1v) is 6.76. The summed E-state index contributed by atoms with van der Waals surface area (Å²) in [5.74, 6) is -0.227. The van der Waals surface area contributed by atoms with Gasteiger partial charge in [-0.2, -0.15) is 0 Å². The number of aliphatic hydroxyl groups is 1. The molecule has 1 heterocycles. The molecule has 2 aromatic rings. The summed E-state index contributed by atoms with van der Waals surface area (Å²) < 4.78 is 18.2. The third-order valence-corrected chi connectivity index (χ3v) is 3.32. The Morgan fingerprint density at radius 2 is 2.25 bits per heavy atom. The van der Waals surface area contributed by atoms with Crippen LogP contribution in [0.15, 0.2) is 24.4 Å². The zero-order chi connectivity index (χ0) is 14.5. The minimum absolute atomic E-state index is 0.184. The molecular weight excluding hydrogens is 259 g/mol. The van der Waals surface area contributed by atoms with Crippen molar-refractivity contribution in [2.45, 2.75) is 25.5 Å². The van der Waals surface area contributed by atoms with Crippen molar-refractivity contribution < 1.29 is 14.2 Å². The predicted octanol–water partition coefficient (Wildman–Crippen LogP) is 1.83. The first-order chi connectivity index (χ1) is 9.60. The van der Waals surface area contributed by atoms with Gasteiger partial charge in [0.25, 0.3) is 0 Å². The number of aromatic nitrogens is 1. The van der Waals surface area contributed by atoms with Crippen molar-refractivity contribution in [1.82, 2.24) is 10.3 Å². The number of methoxy groups -OCH3 is 1. The van der Waals surface area contributed by atoms with Gasteiger partial charge in [-0.15, -0.1) is 0 Å². The summed E-state index contributed by atoms with van der Waals surface area (Å²) in [6, 6.07) is 4.93. The second-order valence-corrected chi connectivity index (χ2v) is 5.13. The van der Waals surface area contributed by atoms with Crippen molar-refractivity contribution in [3.63, 3.8) is 0 Å². The Labute approximate surface area is 117 Å². The van der Waals surface area contributed by atoms with Crippen LogP contribution in [0.4, 0.5) is 4.39 Å². The summed E-state index contributed by atoms with van der Waals surface area (Å²) >= 11 is 0. The molecule has 0 amide bonds. The lowest BCUT2D eigenvalue weighted by molar-refractivity contribution is 0.0631. The fraction of sp³-hybridized carbons (Fsp3) is 0.467. The number of hydrogen-bond donors (Lipinski definition) is 3. The molecule has 0 aliphatic carbocycles. The number of fused-ring (bicyclic) bond motifs is 1. The third-order valence-electron chi connectivity index (χ3n) is 3.32. The minimum Gasteiger partial charge on any atom is -0.389 e. The van der Waals surface area contributed by atoms with Gasteiger partial charge in [-0.05, 0) is 37.1 Å². The molecule has 20 heavy (non-hydrogen) atoms. The van der Waals surface area contributed by atoms with Crippen LogP contribution in [0.3, 0.4) is 0 Å². The summed E-state index contributed by atoms with van der Waals surface area (Å²) in [4.78, 5) is 3.14. The Bertz CT molecular complexity index is 556. The average molecular weight is 280 g/mol. The Hall–Kier alpha value is -1.43. The van der Waals surface area contributed by atoms with E-state index in [1.165, 1.54) is 6.07 Å². The number of hydrogen-bond acceptors (Lipinski definition) is 3. The van der Waals surface area contributed by atoms with Crippen LogP contribution in [0, 0.1) is 5.82 Å². The van der Waals surface area contributed by atoms with Crippen LogP contribution in [0.1, 0.15) is 12.5 Å². The fourth-order valence-electron chi connectivity index (χ4n) is 2.31. The van der Waals surface area contributed by atoms with Crippen LogP contribution in [-0.2, 0) is 11.2 Å². The molecule has 0 bridgehead atoms. The largest absolute Gasteiger partial charge is 0.389 e. The van der Waals surface area contributed by atoms with E-state index in [1.54, 1.807) is 19.2 Å². The zero-order valence-electron chi connectivity index (χ0n) is 11.8. The van der Waals surface area contributed by atoms with Gasteiger partial charge in [-0.3, -0.25) is 0 Å². The lowest BCUT2D eigenvalue weighted by Gasteiger charge is -2.16. The SMILES string of the molecule is COC[C@H](O)CN[C@@H](C)Cc1c[nH]c2ccc(F)cc12. The molecule has 1 aromatic heterocycles. The minimum atomic E-state index is -0.511. The van der Waals surface area contributed by atoms with Crippen molar-refractivity contribution in [3.8, 4) is 0 Å². The van der Waals surface area contributed by atoms with Crippen LogP contribution in [0.5, 0.6) is 0 Å². The molecule has 2 rings (SSSR count). The van der Waals surface area contributed by atoms with Gasteiger partial charge in [0.2, 0.25) is 0 Å². The second-order valence-electron chi connectivity index (χ2n) is 5.13. The highest BCUT2D eigenvalue weighted by atomic mass is 19.1. The highest BCUT2D eigenvalue weighted by molar-refractivity contribution is 5.83. The van der Waals surface area contributed by atoms with E-state index in [0.717, 1.165) is 22.9 Å². The van der Waals surface area contributed by atoms with E-state index in [1.807, 2.05) is 13.1 Å². The number of nitrogens with one attached hydrogen (secondary N) is 2. The molecule has 0 saturated heterocycles. The summed E-state index contributed by atoms with van der Waals surface area (Å²) in [6.45, 7) is 2.83. The molecule has 3 N–H and O–H groups in total. The average Bonchev–Trinajstić information content (AvgIpc) is 2.79. The molecule has 4 nitrogen and oxygen atoms in total. The van der Waals surface area contributed by atoms with E-state index in [2.05, 4.69) is 10.3 Å². The Morgan fingerprint density at radius 1 is 1.45 bits per heavy atom. The number of halogens is 1. The van der Waals surface area contributed by atoms with Crippen molar-refractivity contribution >= 4 is 10.9 Å². The van der Waals surface area contributed by atoms with Crippen LogP contribution in [0.25, 0.3) is 10.9 Å². The molecule has 0 unspecified atom stereocenters. The summed E-state index contributed by atoms with van der Waals surface area (Å²) in [7, 11) is 1.56. The topological polar surface area (TPSA) is 57.3 Å². The monoisotopic (exact) mass is 280 g/mol. The Morgan fingerprint density at radius 3 is 3.00 bits per heavy atom. The molecule has 0 aliphatic rings.